The van der Waals surface area contributed by atoms with E-state index in [1.54, 1.807) is 36.4 Å². The Bertz CT molecular complexity index is 1060. The molecule has 3 aromatic rings. The van der Waals surface area contributed by atoms with Gasteiger partial charge in [-0.05, 0) is 72.7 Å². The molecule has 9 heteroatoms. The van der Waals surface area contributed by atoms with E-state index in [2.05, 4.69) is 20.6 Å². The maximum atomic E-state index is 11.6. The maximum absolute atomic E-state index is 11.6. The predicted octanol–water partition coefficient (Wildman–Crippen LogP) is 1.77. The highest BCUT2D eigenvalue weighted by molar-refractivity contribution is 5.89. The van der Waals surface area contributed by atoms with Crippen LogP contribution in [0.3, 0.4) is 0 Å². The number of aryl methyl sites for hydroxylation is 2. The third kappa shape index (κ3) is 3.13. The van der Waals surface area contributed by atoms with Crippen molar-refractivity contribution in [2.24, 2.45) is 5.73 Å². The number of hydrogen-bond donors (Lipinski definition) is 4. The average molecular weight is 407 g/mol. The molecule has 154 valence electrons. The number of rotatable bonds is 5. The topological polar surface area (TPSA) is 155 Å². The molecule has 1 aromatic heterocycles. The average Bonchev–Trinajstić information content (AvgIpc) is 3.21. The number of nitrogens with zero attached hydrogens (tertiary/aromatic N) is 3. The van der Waals surface area contributed by atoms with Crippen molar-refractivity contribution in [3.05, 3.63) is 75.6 Å². The number of carboxylic acid groups (broad SMARTS) is 2. The van der Waals surface area contributed by atoms with Gasteiger partial charge in [0.1, 0.15) is 0 Å². The van der Waals surface area contributed by atoms with E-state index < -0.39 is 17.4 Å². The van der Waals surface area contributed by atoms with E-state index >= 15 is 0 Å². The molecule has 1 aliphatic carbocycles. The number of nitrogens with two attached hydrogens (primary N) is 1. The van der Waals surface area contributed by atoms with E-state index in [9.17, 15) is 19.8 Å². The lowest BCUT2D eigenvalue weighted by Gasteiger charge is -2.35. The van der Waals surface area contributed by atoms with E-state index in [0.717, 1.165) is 22.3 Å². The zero-order valence-electron chi connectivity index (χ0n) is 16.3. The van der Waals surface area contributed by atoms with Crippen LogP contribution in [0.1, 0.15) is 62.1 Å². The van der Waals surface area contributed by atoms with Crippen LogP contribution in [-0.2, 0) is 18.3 Å². The van der Waals surface area contributed by atoms with Gasteiger partial charge in [-0.25, -0.2) is 9.59 Å². The summed E-state index contributed by atoms with van der Waals surface area (Å²) in [6.07, 6.45) is 1.53. The molecule has 9 nitrogen and oxygen atoms in total. The van der Waals surface area contributed by atoms with Crippen LogP contribution in [0.2, 0.25) is 0 Å². The first-order valence-electron chi connectivity index (χ1n) is 9.56. The zero-order valence-corrected chi connectivity index (χ0v) is 16.3. The number of hydrogen-bond acceptors (Lipinski definition) is 6. The monoisotopic (exact) mass is 407 g/mol. The Hall–Kier alpha value is -3.59. The number of benzene rings is 2. The minimum Gasteiger partial charge on any atom is -0.478 e. The molecule has 2 aromatic carbocycles. The van der Waals surface area contributed by atoms with Gasteiger partial charge in [0.25, 0.3) is 0 Å². The summed E-state index contributed by atoms with van der Waals surface area (Å²) >= 11 is 0. The van der Waals surface area contributed by atoms with Crippen molar-refractivity contribution in [2.75, 3.05) is 0 Å². The molecule has 0 aliphatic heterocycles. The summed E-state index contributed by atoms with van der Waals surface area (Å²) in [5, 5.41) is 33.8. The summed E-state index contributed by atoms with van der Waals surface area (Å²) in [5.74, 6) is -1.61. The van der Waals surface area contributed by atoms with Gasteiger partial charge in [0.05, 0.1) is 16.5 Å². The lowest BCUT2D eigenvalue weighted by atomic mass is 9.68. The van der Waals surface area contributed by atoms with Crippen LogP contribution < -0.4 is 5.73 Å². The molecule has 0 saturated carbocycles. The van der Waals surface area contributed by atoms with Crippen LogP contribution in [0.5, 0.6) is 0 Å². The molecule has 0 fully saturated rings. The third-order valence-electron chi connectivity index (χ3n) is 5.64. The Morgan fingerprint density at radius 2 is 1.60 bits per heavy atom. The number of aromatic carboxylic acids is 2. The largest absolute Gasteiger partial charge is 0.478 e. The van der Waals surface area contributed by atoms with Crippen molar-refractivity contribution >= 4 is 11.9 Å². The summed E-state index contributed by atoms with van der Waals surface area (Å²) in [6.45, 7) is 1.88. The molecule has 0 saturated heterocycles. The number of tetrazole rings is 1. The van der Waals surface area contributed by atoms with Crippen LogP contribution >= 0.6 is 0 Å². The van der Waals surface area contributed by atoms with E-state index in [0.29, 0.717) is 25.1 Å². The number of aromatic nitrogens is 4. The Balaban J connectivity index is 2.07. The second-order valence-electron chi connectivity index (χ2n) is 7.68. The van der Waals surface area contributed by atoms with E-state index in [1.165, 1.54) is 0 Å². The maximum Gasteiger partial charge on any atom is 0.335 e. The first-order chi connectivity index (χ1) is 14.3. The molecule has 0 radical (unpaired) electrons. The van der Waals surface area contributed by atoms with Gasteiger partial charge in [0.2, 0.25) is 0 Å². The van der Waals surface area contributed by atoms with Crippen LogP contribution in [0.25, 0.3) is 0 Å². The molecule has 0 amide bonds. The van der Waals surface area contributed by atoms with Crippen molar-refractivity contribution in [1.29, 1.82) is 0 Å². The van der Waals surface area contributed by atoms with Crippen molar-refractivity contribution in [1.82, 2.24) is 20.6 Å². The smallest absolute Gasteiger partial charge is 0.335 e. The lowest BCUT2D eigenvalue weighted by Crippen LogP contribution is -2.38. The normalized spacial score (nSPS) is 15.5. The summed E-state index contributed by atoms with van der Waals surface area (Å²) in [7, 11) is 0. The Morgan fingerprint density at radius 1 is 1.07 bits per heavy atom. The predicted molar refractivity (Wildman–Crippen MR) is 107 cm³/mol. The van der Waals surface area contributed by atoms with E-state index in [1.807, 2.05) is 6.92 Å². The molecule has 1 aliphatic rings. The van der Waals surface area contributed by atoms with Crippen LogP contribution in [-0.4, -0.2) is 48.8 Å². The molecule has 0 bridgehead atoms. The Morgan fingerprint density at radius 3 is 2.00 bits per heavy atom. The number of H-pyrrole nitrogens is 1. The molecule has 1 heterocycles. The standard InChI is InChI=1S/C21H21N5O4/c1-11(22)10-21(20-23-25-26-24-20)16-6-4-14(18(27)28)8-12(16)2-3-13-9-15(19(29)30)5-7-17(13)21/h4-9,11H,2-3,10,22H2,1H3,(H,27,28)(H,29,30)(H,23,24,25,26)/t11-/m0/s1. The number of aromatic amines is 1. The Labute approximate surface area is 171 Å². The fourth-order valence-corrected chi connectivity index (χ4v) is 4.49. The number of carboxylic acids is 2. The third-order valence-corrected chi connectivity index (χ3v) is 5.64. The molecule has 30 heavy (non-hydrogen) atoms. The fraction of sp³-hybridized carbons (Fsp3) is 0.286. The Kier molecular flexibility index (Phi) is 4.83. The van der Waals surface area contributed by atoms with Crippen LogP contribution in [0.15, 0.2) is 36.4 Å². The first-order valence-corrected chi connectivity index (χ1v) is 9.56. The molecule has 0 spiro atoms. The summed E-state index contributed by atoms with van der Waals surface area (Å²) in [4.78, 5) is 23.1. The van der Waals surface area contributed by atoms with Gasteiger partial charge in [-0.2, -0.15) is 5.21 Å². The highest BCUT2D eigenvalue weighted by Gasteiger charge is 2.45. The van der Waals surface area contributed by atoms with Gasteiger partial charge in [-0.3, -0.25) is 0 Å². The van der Waals surface area contributed by atoms with Gasteiger partial charge in [-0.15, -0.1) is 10.2 Å². The van der Waals surface area contributed by atoms with Crippen molar-refractivity contribution in [2.45, 2.75) is 37.6 Å². The van der Waals surface area contributed by atoms with Gasteiger partial charge in [0, 0.05) is 6.04 Å². The van der Waals surface area contributed by atoms with Gasteiger partial charge in [0.15, 0.2) is 5.82 Å². The zero-order chi connectivity index (χ0) is 21.5. The van der Waals surface area contributed by atoms with Crippen molar-refractivity contribution in [3.8, 4) is 0 Å². The molecular formula is C21H21N5O4. The van der Waals surface area contributed by atoms with Crippen molar-refractivity contribution in [3.63, 3.8) is 0 Å². The number of fused-ring (bicyclic) bond motifs is 2. The van der Waals surface area contributed by atoms with Gasteiger partial charge >= 0.3 is 11.9 Å². The quantitative estimate of drug-likeness (QED) is 0.499. The van der Waals surface area contributed by atoms with Gasteiger partial charge < -0.3 is 15.9 Å². The summed E-state index contributed by atoms with van der Waals surface area (Å²) in [6, 6.07) is 9.78. The van der Waals surface area contributed by atoms with E-state index in [-0.39, 0.29) is 17.2 Å². The summed E-state index contributed by atoms with van der Waals surface area (Å²) < 4.78 is 0. The second-order valence-corrected chi connectivity index (χ2v) is 7.68. The lowest BCUT2D eigenvalue weighted by molar-refractivity contribution is 0.0686. The first kappa shape index (κ1) is 19.7. The molecule has 1 atom stereocenters. The SMILES string of the molecule is C[C@H](N)CC1(c2nn[nH]n2)c2ccc(C(=O)O)cc2CCc2cc(C(=O)O)ccc21. The van der Waals surface area contributed by atoms with E-state index in [4.69, 9.17) is 5.73 Å². The highest BCUT2D eigenvalue weighted by atomic mass is 16.4. The van der Waals surface area contributed by atoms with Crippen LogP contribution in [0, 0.1) is 0 Å². The molecule has 0 unspecified atom stereocenters. The fourth-order valence-electron chi connectivity index (χ4n) is 4.49. The number of nitrogens with one attached hydrogen (secondary N) is 1. The van der Waals surface area contributed by atoms with Gasteiger partial charge in [-0.1, -0.05) is 17.3 Å². The summed E-state index contributed by atoms with van der Waals surface area (Å²) in [5.41, 5.74) is 9.14. The molecule has 4 rings (SSSR count). The number of carbonyl (C=O) groups is 2. The second kappa shape index (κ2) is 7.34. The minimum absolute atomic E-state index is 0.189. The molecule has 5 N–H and O–H groups in total. The minimum atomic E-state index is -1.01. The van der Waals surface area contributed by atoms with Crippen LogP contribution in [0.4, 0.5) is 0 Å². The van der Waals surface area contributed by atoms with Crippen molar-refractivity contribution < 1.29 is 19.8 Å². The molecular weight excluding hydrogens is 386 g/mol. The highest BCUT2D eigenvalue weighted by Crippen LogP contribution is 2.46.